The number of benzene rings is 1. The lowest BCUT2D eigenvalue weighted by atomic mass is 10.2. The van der Waals surface area contributed by atoms with Crippen LogP contribution in [0, 0.1) is 13.8 Å². The van der Waals surface area contributed by atoms with Gasteiger partial charge in [-0.1, -0.05) is 29.5 Å². The van der Waals surface area contributed by atoms with E-state index in [4.69, 9.17) is 0 Å². The smallest absolute Gasteiger partial charge is 0.325 e. The van der Waals surface area contributed by atoms with Gasteiger partial charge in [0.2, 0.25) is 5.91 Å². The molecule has 0 saturated carbocycles. The minimum atomic E-state index is -0.477. The average molecular weight is 385 g/mol. The van der Waals surface area contributed by atoms with E-state index >= 15 is 0 Å². The van der Waals surface area contributed by atoms with Gasteiger partial charge in [0, 0.05) is 19.8 Å². The van der Waals surface area contributed by atoms with Gasteiger partial charge in [0.25, 0.3) is 5.56 Å². The zero-order valence-electron chi connectivity index (χ0n) is 15.4. The number of hydrogen-bond acceptors (Lipinski definition) is 6. The fourth-order valence-electron chi connectivity index (χ4n) is 2.60. The van der Waals surface area contributed by atoms with E-state index < -0.39 is 11.2 Å². The maximum atomic E-state index is 12.6. The summed E-state index contributed by atoms with van der Waals surface area (Å²) < 4.78 is 2.32. The van der Waals surface area contributed by atoms with E-state index in [1.807, 2.05) is 31.2 Å². The van der Waals surface area contributed by atoms with Crippen molar-refractivity contribution < 1.29 is 4.79 Å². The van der Waals surface area contributed by atoms with Crippen molar-refractivity contribution in [2.45, 2.75) is 18.9 Å². The van der Waals surface area contributed by atoms with E-state index in [2.05, 4.69) is 15.3 Å². The summed E-state index contributed by atoms with van der Waals surface area (Å²) in [5.41, 5.74) is 1.13. The van der Waals surface area contributed by atoms with Crippen LogP contribution in [0.4, 0.5) is 5.69 Å². The Morgan fingerprint density at radius 2 is 1.74 bits per heavy atom. The third-order valence-electron chi connectivity index (χ3n) is 4.05. The number of hydrogen-bond donors (Lipinski definition) is 1. The van der Waals surface area contributed by atoms with Gasteiger partial charge in [-0.25, -0.2) is 14.8 Å². The molecule has 2 aromatic heterocycles. The molecule has 0 aliphatic heterocycles. The maximum absolute atomic E-state index is 12.6. The first-order valence-corrected chi connectivity index (χ1v) is 9.20. The molecule has 0 spiro atoms. The number of nitrogens with zero attached hydrogens (tertiary/aromatic N) is 4. The van der Waals surface area contributed by atoms with Gasteiger partial charge >= 0.3 is 5.69 Å². The van der Waals surface area contributed by atoms with Gasteiger partial charge in [0.05, 0.1) is 5.75 Å². The molecule has 3 aromatic rings. The van der Waals surface area contributed by atoms with Gasteiger partial charge in [0.15, 0.2) is 5.65 Å². The molecule has 0 radical (unpaired) electrons. The van der Waals surface area contributed by atoms with Crippen LogP contribution in [0.15, 0.2) is 38.9 Å². The van der Waals surface area contributed by atoms with E-state index in [-0.39, 0.29) is 22.7 Å². The monoisotopic (exact) mass is 385 g/mol. The first-order chi connectivity index (χ1) is 12.8. The molecule has 0 bridgehead atoms. The van der Waals surface area contributed by atoms with Crippen LogP contribution in [0.3, 0.4) is 0 Å². The van der Waals surface area contributed by atoms with Gasteiger partial charge in [-0.05, 0) is 26.0 Å². The van der Waals surface area contributed by atoms with Crippen molar-refractivity contribution in [3.8, 4) is 0 Å². The van der Waals surface area contributed by atoms with E-state index in [9.17, 15) is 14.4 Å². The molecule has 0 saturated heterocycles. The van der Waals surface area contributed by atoms with Crippen LogP contribution in [-0.4, -0.2) is 30.8 Å². The number of aromatic nitrogens is 4. The van der Waals surface area contributed by atoms with Crippen molar-refractivity contribution >= 4 is 34.4 Å². The quantitative estimate of drug-likeness (QED) is 0.538. The zero-order chi connectivity index (χ0) is 19.7. The molecule has 0 fully saturated rings. The number of amides is 1. The summed E-state index contributed by atoms with van der Waals surface area (Å²) in [6, 6.07) is 7.48. The molecule has 1 N–H and O–H groups in total. The van der Waals surface area contributed by atoms with Gasteiger partial charge in [-0.15, -0.1) is 0 Å². The normalized spacial score (nSPS) is 11.0. The van der Waals surface area contributed by atoms with Crippen molar-refractivity contribution in [2.24, 2.45) is 14.1 Å². The average Bonchev–Trinajstić information content (AvgIpc) is 2.64. The summed E-state index contributed by atoms with van der Waals surface area (Å²) in [7, 11) is 2.96. The van der Waals surface area contributed by atoms with Crippen LogP contribution in [0.1, 0.15) is 11.4 Å². The molecule has 0 aliphatic carbocycles. The Balaban J connectivity index is 1.91. The predicted octanol–water partition coefficient (Wildman–Crippen LogP) is 1.37. The van der Waals surface area contributed by atoms with Crippen LogP contribution >= 0.6 is 11.8 Å². The number of nitrogens with one attached hydrogen (secondary N) is 1. The molecule has 140 valence electrons. The summed E-state index contributed by atoms with van der Waals surface area (Å²) in [6.07, 6.45) is 0. The van der Waals surface area contributed by atoms with E-state index in [0.717, 1.165) is 21.9 Å². The Bertz CT molecular complexity index is 1150. The number of carbonyl (C=O) groups excluding carboxylic acids is 1. The highest BCUT2D eigenvalue weighted by Crippen LogP contribution is 2.22. The number of rotatable bonds is 4. The number of aryl methyl sites for hydroxylation is 3. The van der Waals surface area contributed by atoms with Crippen molar-refractivity contribution in [2.75, 3.05) is 11.1 Å². The van der Waals surface area contributed by atoms with Crippen LogP contribution in [0.2, 0.25) is 0 Å². The number of fused-ring (bicyclic) bond motifs is 1. The second-order valence-electron chi connectivity index (χ2n) is 6.18. The van der Waals surface area contributed by atoms with E-state index in [0.29, 0.717) is 16.5 Å². The van der Waals surface area contributed by atoms with Crippen molar-refractivity contribution in [1.82, 2.24) is 19.1 Å². The van der Waals surface area contributed by atoms with E-state index in [1.165, 1.54) is 11.6 Å². The van der Waals surface area contributed by atoms with Crippen molar-refractivity contribution in [1.29, 1.82) is 0 Å². The maximum Gasteiger partial charge on any atom is 0.332 e. The first-order valence-electron chi connectivity index (χ1n) is 8.21. The molecule has 0 aliphatic rings. The number of anilines is 1. The predicted molar refractivity (Wildman–Crippen MR) is 105 cm³/mol. The standard InChI is InChI=1S/C18H19N5O3S/c1-10-5-7-12(8-6-10)21-13(24)9-27-16-14-15(19-11(2)20-16)22(3)18(26)23(4)17(14)25/h5-8H,9H2,1-4H3,(H,21,24). The fraction of sp³-hybridized carbons (Fsp3) is 0.278. The lowest BCUT2D eigenvalue weighted by molar-refractivity contribution is -0.113. The largest absolute Gasteiger partial charge is 0.332 e. The number of carbonyl (C=O) groups is 1. The Labute approximate surface area is 159 Å². The van der Waals surface area contributed by atoms with Crippen LogP contribution in [0.5, 0.6) is 0 Å². The molecule has 8 nitrogen and oxygen atoms in total. The third-order valence-corrected chi connectivity index (χ3v) is 5.03. The van der Waals surface area contributed by atoms with Gasteiger partial charge in [-0.2, -0.15) is 0 Å². The van der Waals surface area contributed by atoms with E-state index in [1.54, 1.807) is 14.0 Å². The molecular formula is C18H19N5O3S. The summed E-state index contributed by atoms with van der Waals surface area (Å²) in [4.78, 5) is 45.5. The molecular weight excluding hydrogens is 366 g/mol. The van der Waals surface area contributed by atoms with Crippen molar-refractivity contribution in [3.63, 3.8) is 0 Å². The molecule has 0 atom stereocenters. The molecule has 1 amide bonds. The molecule has 27 heavy (non-hydrogen) atoms. The van der Waals surface area contributed by atoms with Gasteiger partial charge in [0.1, 0.15) is 16.2 Å². The Kier molecular flexibility index (Phi) is 5.13. The highest BCUT2D eigenvalue weighted by atomic mass is 32.2. The SMILES string of the molecule is Cc1ccc(NC(=O)CSc2nc(C)nc3c2c(=O)n(C)c(=O)n3C)cc1. The van der Waals surface area contributed by atoms with Gasteiger partial charge in [-0.3, -0.25) is 18.7 Å². The fourth-order valence-corrected chi connectivity index (χ4v) is 3.46. The third kappa shape index (κ3) is 3.77. The summed E-state index contributed by atoms with van der Waals surface area (Å²) in [6.45, 7) is 3.65. The minimum absolute atomic E-state index is 0.0748. The Morgan fingerprint density at radius 1 is 1.07 bits per heavy atom. The highest BCUT2D eigenvalue weighted by molar-refractivity contribution is 8.00. The minimum Gasteiger partial charge on any atom is -0.325 e. The Hall–Kier alpha value is -2.94. The highest BCUT2D eigenvalue weighted by Gasteiger charge is 2.17. The molecule has 2 heterocycles. The van der Waals surface area contributed by atoms with Crippen LogP contribution < -0.4 is 16.6 Å². The van der Waals surface area contributed by atoms with Crippen LogP contribution in [0.25, 0.3) is 11.0 Å². The lowest BCUT2D eigenvalue weighted by Gasteiger charge is -2.10. The second-order valence-corrected chi connectivity index (χ2v) is 7.15. The van der Waals surface area contributed by atoms with Gasteiger partial charge < -0.3 is 5.32 Å². The number of thioether (sulfide) groups is 1. The first kappa shape index (κ1) is 18.8. The zero-order valence-corrected chi connectivity index (χ0v) is 16.3. The molecule has 9 heteroatoms. The Morgan fingerprint density at radius 3 is 2.41 bits per heavy atom. The summed E-state index contributed by atoms with van der Waals surface area (Å²) >= 11 is 1.14. The summed E-state index contributed by atoms with van der Waals surface area (Å²) in [5.74, 6) is 0.285. The van der Waals surface area contributed by atoms with Crippen molar-refractivity contribution in [3.05, 3.63) is 56.5 Å². The molecule has 0 unspecified atom stereocenters. The second kappa shape index (κ2) is 7.36. The summed E-state index contributed by atoms with van der Waals surface area (Å²) in [5, 5.41) is 3.42. The topological polar surface area (TPSA) is 98.9 Å². The molecule has 3 rings (SSSR count). The molecule has 1 aromatic carbocycles. The lowest BCUT2D eigenvalue weighted by Crippen LogP contribution is -2.37. The van der Waals surface area contributed by atoms with Crippen LogP contribution in [-0.2, 0) is 18.9 Å².